The molecule has 24 nitrogen and oxygen atoms in total. The predicted molar refractivity (Wildman–Crippen MR) is 245 cm³/mol. The van der Waals surface area contributed by atoms with Crippen molar-refractivity contribution in [2.45, 2.75) is 76.1 Å². The van der Waals surface area contributed by atoms with Gasteiger partial charge in [-0.1, -0.05) is 11.8 Å². The zero-order valence-corrected chi connectivity index (χ0v) is 40.0. The summed E-state index contributed by atoms with van der Waals surface area (Å²) in [5, 5.41) is 3.87. The summed E-state index contributed by atoms with van der Waals surface area (Å²) < 4.78 is 95.4. The summed E-state index contributed by atoms with van der Waals surface area (Å²) in [6.07, 6.45) is 8.18. The van der Waals surface area contributed by atoms with Crippen LogP contribution in [0.5, 0.6) is 0 Å². The van der Waals surface area contributed by atoms with Crippen molar-refractivity contribution < 1.29 is 77.9 Å². The smallest absolute Gasteiger partial charge is 0.422 e. The van der Waals surface area contributed by atoms with E-state index >= 15 is 0 Å². The van der Waals surface area contributed by atoms with E-state index < -0.39 is 58.2 Å². The summed E-state index contributed by atoms with van der Waals surface area (Å²) in [4.78, 5) is 72.4. The molecule has 8 N–H and O–H groups in total. The molecule has 1 aromatic carbocycles. The SMILES string of the molecule is CCN(CC)c1ccc2cc(/C=C/c3ccc(S(=O)(=O)O)c[n+]3CCCCCC(=O)NCC#Cc3cn([C@H]4CC[C@@H](COP(=O)(O)OP(=O)(O)OP(=O)(O)O)O4)c4ncnc(N)c34)c(=O)oc2c1. The number of aromatic nitrogens is 4. The normalized spacial score (nSPS) is 17.2. The minimum atomic E-state index is -5.69. The highest BCUT2D eigenvalue weighted by Crippen LogP contribution is 2.66. The minimum absolute atomic E-state index is 0.0252. The Hall–Kier alpha value is -5.15. The topological polar surface area (TPSA) is 347 Å². The average Bonchev–Trinajstić information content (AvgIpc) is 3.88. The van der Waals surface area contributed by atoms with Crippen LogP contribution in [0.4, 0.5) is 11.5 Å². The lowest BCUT2D eigenvalue weighted by molar-refractivity contribution is -0.700. The number of nitrogen functional groups attached to an aromatic ring is 1. The van der Waals surface area contributed by atoms with Crippen molar-refractivity contribution in [3.63, 3.8) is 0 Å². The van der Waals surface area contributed by atoms with Crippen LogP contribution in [0, 0.1) is 11.8 Å². The number of benzene rings is 1. The Morgan fingerprint density at radius 1 is 1.03 bits per heavy atom. The number of nitrogens with two attached hydrogens (primary N) is 1. The summed E-state index contributed by atoms with van der Waals surface area (Å²) in [6, 6.07) is 10.2. The number of nitrogens with one attached hydrogen (secondary N) is 1. The minimum Gasteiger partial charge on any atom is -0.422 e. The van der Waals surface area contributed by atoms with E-state index in [0.29, 0.717) is 60.1 Å². The van der Waals surface area contributed by atoms with Gasteiger partial charge in [0.15, 0.2) is 11.1 Å². The Bertz CT molecular complexity index is 3090. The molecule has 366 valence electrons. The molecule has 1 saturated heterocycles. The zero-order chi connectivity index (χ0) is 49.4. The van der Waals surface area contributed by atoms with Gasteiger partial charge < -0.3 is 49.2 Å². The van der Waals surface area contributed by atoms with E-state index in [1.165, 1.54) is 24.7 Å². The first-order valence-corrected chi connectivity index (χ1v) is 26.8. The maximum Gasteiger partial charge on any atom is 0.490 e. The molecule has 0 radical (unpaired) electrons. The van der Waals surface area contributed by atoms with Crippen LogP contribution in [0.3, 0.4) is 0 Å². The van der Waals surface area contributed by atoms with Gasteiger partial charge in [0.05, 0.1) is 35.8 Å². The fourth-order valence-corrected chi connectivity index (χ4v) is 10.8. The first-order valence-electron chi connectivity index (χ1n) is 20.9. The molecule has 0 spiro atoms. The fraction of sp³-hybridized carbons (Fsp3) is 0.375. The van der Waals surface area contributed by atoms with Gasteiger partial charge in [0.2, 0.25) is 11.6 Å². The lowest BCUT2D eigenvalue weighted by Gasteiger charge is -2.20. The van der Waals surface area contributed by atoms with E-state index in [1.54, 1.807) is 33.5 Å². The van der Waals surface area contributed by atoms with Crippen LogP contribution in [0.15, 0.2) is 69.2 Å². The highest BCUT2D eigenvalue weighted by atomic mass is 32.2. The van der Waals surface area contributed by atoms with Crippen LogP contribution in [0.2, 0.25) is 0 Å². The lowest BCUT2D eigenvalue weighted by atomic mass is 10.1. The van der Waals surface area contributed by atoms with Gasteiger partial charge in [0.25, 0.3) is 10.1 Å². The number of aryl methyl sites for hydroxylation is 1. The molecule has 6 rings (SSSR count). The second kappa shape index (κ2) is 22.1. The predicted octanol–water partition coefficient (Wildman–Crippen LogP) is 4.42. The van der Waals surface area contributed by atoms with Crippen LogP contribution in [-0.2, 0) is 53.0 Å². The van der Waals surface area contributed by atoms with Gasteiger partial charge in [-0.2, -0.15) is 21.6 Å². The number of hydrogen-bond donors (Lipinski definition) is 7. The van der Waals surface area contributed by atoms with Crippen molar-refractivity contribution in [3.05, 3.63) is 82.4 Å². The van der Waals surface area contributed by atoms with E-state index in [4.69, 9.17) is 29.2 Å². The van der Waals surface area contributed by atoms with Crippen LogP contribution < -0.4 is 26.1 Å². The Labute approximate surface area is 388 Å². The second-order valence-electron chi connectivity index (χ2n) is 15.1. The number of carbonyl (C=O) groups excluding carboxylic acids is 1. The summed E-state index contributed by atoms with van der Waals surface area (Å²) in [5.41, 5.74) is 8.60. The standard InChI is InChI=1S/C40H48N7O17P3S/c1-3-45(4-2)31-14-11-27-21-28(40(49)62-34(27)22-31)12-13-30-15-17-33(68(57,58)59)24-46(30)20-7-5-6-10-35(48)42-19-8-9-29-23-47(39-37(29)38(41)43-26-44-39)36-18-16-32(61-36)25-60-66(53,54)64-67(55,56)63-65(50,51)52/h11-15,17,21-24,26,32,36H,3-7,10,16,18-20,25H2,1-2H3,(H7-,41,42,43,44,48,50,51,52,53,54,55,56,57,58,59)/p+1/t32-,36+/m0/s1. The number of anilines is 2. The number of ether oxygens (including phenoxy) is 1. The maximum atomic E-state index is 12.9. The van der Waals surface area contributed by atoms with E-state index in [2.05, 4.69) is 40.6 Å². The number of amides is 1. The van der Waals surface area contributed by atoms with Crippen molar-refractivity contribution in [2.75, 3.05) is 36.9 Å². The van der Waals surface area contributed by atoms with Crippen molar-refractivity contribution >= 4 is 85.2 Å². The van der Waals surface area contributed by atoms with Gasteiger partial charge in [-0.3, -0.25) is 13.9 Å². The zero-order valence-electron chi connectivity index (χ0n) is 36.5. The van der Waals surface area contributed by atoms with Crippen LogP contribution >= 0.6 is 23.5 Å². The number of rotatable bonds is 21. The van der Waals surface area contributed by atoms with Crippen molar-refractivity contribution in [1.29, 1.82) is 0 Å². The Morgan fingerprint density at radius 3 is 2.51 bits per heavy atom. The first-order chi connectivity index (χ1) is 32.0. The number of phosphoric acid groups is 3. The molecule has 0 saturated carbocycles. The van der Waals surface area contributed by atoms with Gasteiger partial charge in [0.1, 0.15) is 36.1 Å². The molecule has 1 aliphatic heterocycles. The molecule has 2 unspecified atom stereocenters. The monoisotopic (exact) mass is 1020 g/mol. The largest absolute Gasteiger partial charge is 0.490 e. The number of phosphoric ester groups is 1. The lowest BCUT2D eigenvalue weighted by Crippen LogP contribution is -2.37. The van der Waals surface area contributed by atoms with E-state index in [1.807, 2.05) is 32.0 Å². The number of nitrogens with zero attached hydrogens (tertiary/aromatic N) is 5. The number of hydrogen-bond acceptors (Lipinski definition) is 16. The molecule has 5 heterocycles. The van der Waals surface area contributed by atoms with E-state index in [0.717, 1.165) is 24.2 Å². The molecular formula is C40H49N7O17P3S+. The summed E-state index contributed by atoms with van der Waals surface area (Å²) in [6.45, 7) is 5.34. The third-order valence-electron chi connectivity index (χ3n) is 10.4. The number of fused-ring (bicyclic) bond motifs is 2. The second-order valence-corrected chi connectivity index (χ2v) is 21.0. The maximum absolute atomic E-state index is 12.9. The molecule has 28 heteroatoms. The molecule has 0 bridgehead atoms. The molecule has 68 heavy (non-hydrogen) atoms. The quantitative estimate of drug-likeness (QED) is 0.0134. The molecular weight excluding hydrogens is 975 g/mol. The fourth-order valence-electron chi connectivity index (χ4n) is 7.26. The average molecular weight is 1020 g/mol. The summed E-state index contributed by atoms with van der Waals surface area (Å²) in [5.74, 6) is 5.67. The van der Waals surface area contributed by atoms with Gasteiger partial charge >= 0.3 is 29.1 Å². The summed E-state index contributed by atoms with van der Waals surface area (Å²) >= 11 is 0. The Balaban J connectivity index is 1.01. The summed E-state index contributed by atoms with van der Waals surface area (Å²) in [7, 11) is -21.1. The third kappa shape index (κ3) is 14.2. The van der Waals surface area contributed by atoms with Crippen LogP contribution in [0.1, 0.15) is 75.4 Å². The molecule has 1 amide bonds. The van der Waals surface area contributed by atoms with E-state index in [9.17, 15) is 46.0 Å². The first kappa shape index (κ1) is 52.2. The Kier molecular flexibility index (Phi) is 17.0. The molecule has 1 aliphatic rings. The molecule has 5 aromatic rings. The van der Waals surface area contributed by atoms with Crippen LogP contribution in [-0.4, -0.2) is 85.3 Å². The Morgan fingerprint density at radius 2 is 1.79 bits per heavy atom. The van der Waals surface area contributed by atoms with Gasteiger partial charge in [-0.15, -0.1) is 0 Å². The molecule has 0 aliphatic carbocycles. The van der Waals surface area contributed by atoms with Crippen LogP contribution in [0.25, 0.3) is 34.2 Å². The highest BCUT2D eigenvalue weighted by molar-refractivity contribution is 7.85. The van der Waals surface area contributed by atoms with Gasteiger partial charge in [-0.05, 0) is 69.9 Å². The number of pyridine rings is 1. The number of unbranched alkanes of at least 4 members (excludes halogenated alkanes) is 2. The van der Waals surface area contributed by atoms with E-state index in [-0.39, 0.29) is 41.6 Å². The van der Waals surface area contributed by atoms with Crippen molar-refractivity contribution in [1.82, 2.24) is 19.9 Å². The molecule has 1 fully saturated rings. The third-order valence-corrected chi connectivity index (χ3v) is 15.1. The molecule has 4 atom stereocenters. The van der Waals surface area contributed by atoms with Crippen molar-refractivity contribution in [2.24, 2.45) is 0 Å². The molecule has 4 aromatic heterocycles. The number of carbonyl (C=O) groups is 1. The van der Waals surface area contributed by atoms with Gasteiger partial charge in [0, 0.05) is 61.4 Å². The highest BCUT2D eigenvalue weighted by Gasteiger charge is 2.41. The van der Waals surface area contributed by atoms with Gasteiger partial charge in [-0.25, -0.2) is 28.5 Å². The van der Waals surface area contributed by atoms with Crippen molar-refractivity contribution in [3.8, 4) is 11.8 Å².